The van der Waals surface area contributed by atoms with Crippen molar-refractivity contribution in [2.75, 3.05) is 46.3 Å². The number of rotatable bonds is 5. The normalized spacial score (nSPS) is 20.5. The average molecular weight is 392 g/mol. The summed E-state index contributed by atoms with van der Waals surface area (Å²) in [6.07, 6.45) is 3.77. The number of piperidine rings is 1. The van der Waals surface area contributed by atoms with E-state index in [1.807, 2.05) is 18.2 Å². The molecule has 0 atom stereocenters. The summed E-state index contributed by atoms with van der Waals surface area (Å²) in [5.74, 6) is 0.297. The molecule has 1 amide bonds. The maximum Gasteiger partial charge on any atom is 0.222 e. The number of benzene rings is 2. The van der Waals surface area contributed by atoms with Gasteiger partial charge in [-0.15, -0.1) is 0 Å². The minimum atomic E-state index is 0.118. The van der Waals surface area contributed by atoms with Crippen LogP contribution in [0.1, 0.15) is 30.4 Å². The standard InChI is InChI=1S/C25H33N3O/c1-26-16-14-25(15-17-26,23-10-6-3-7-11-23)28-20-18-27(19-21-28)24(29)13-12-22-8-4-2-5-9-22/h2-11H,12-21H2,1H3. The molecule has 2 heterocycles. The average Bonchev–Trinajstić information content (AvgIpc) is 2.80. The van der Waals surface area contributed by atoms with Crippen LogP contribution in [0.4, 0.5) is 0 Å². The van der Waals surface area contributed by atoms with Gasteiger partial charge in [-0.3, -0.25) is 9.69 Å². The van der Waals surface area contributed by atoms with E-state index in [0.717, 1.165) is 58.5 Å². The molecule has 4 nitrogen and oxygen atoms in total. The van der Waals surface area contributed by atoms with Gasteiger partial charge in [0, 0.05) is 38.1 Å². The van der Waals surface area contributed by atoms with Gasteiger partial charge >= 0.3 is 0 Å². The zero-order valence-electron chi connectivity index (χ0n) is 17.6. The maximum absolute atomic E-state index is 12.7. The molecule has 4 rings (SSSR count). The first-order valence-corrected chi connectivity index (χ1v) is 11.0. The van der Waals surface area contributed by atoms with Crippen LogP contribution in [0.15, 0.2) is 60.7 Å². The number of hydrogen-bond acceptors (Lipinski definition) is 3. The molecule has 4 heteroatoms. The van der Waals surface area contributed by atoms with Crippen LogP contribution in [0.5, 0.6) is 0 Å². The van der Waals surface area contributed by atoms with E-state index in [4.69, 9.17) is 0 Å². The smallest absolute Gasteiger partial charge is 0.222 e. The van der Waals surface area contributed by atoms with Gasteiger partial charge in [-0.25, -0.2) is 0 Å². The maximum atomic E-state index is 12.7. The van der Waals surface area contributed by atoms with Crippen LogP contribution < -0.4 is 0 Å². The Balaban J connectivity index is 1.38. The number of amides is 1. The molecule has 0 aliphatic carbocycles. The Morgan fingerprint density at radius 2 is 1.41 bits per heavy atom. The van der Waals surface area contributed by atoms with Crippen LogP contribution in [0.25, 0.3) is 0 Å². The highest BCUT2D eigenvalue weighted by molar-refractivity contribution is 5.76. The molecule has 0 bridgehead atoms. The van der Waals surface area contributed by atoms with E-state index in [0.29, 0.717) is 12.3 Å². The summed E-state index contributed by atoms with van der Waals surface area (Å²) in [5.41, 5.74) is 2.80. The zero-order valence-corrected chi connectivity index (χ0v) is 17.6. The van der Waals surface area contributed by atoms with Crippen molar-refractivity contribution in [3.05, 3.63) is 71.8 Å². The second-order valence-corrected chi connectivity index (χ2v) is 8.55. The topological polar surface area (TPSA) is 26.8 Å². The van der Waals surface area contributed by atoms with Gasteiger partial charge < -0.3 is 9.80 Å². The van der Waals surface area contributed by atoms with E-state index >= 15 is 0 Å². The summed E-state index contributed by atoms with van der Waals surface area (Å²) in [6, 6.07) is 21.4. The Kier molecular flexibility index (Phi) is 6.31. The summed E-state index contributed by atoms with van der Waals surface area (Å²) in [4.78, 5) is 19.9. The van der Waals surface area contributed by atoms with E-state index in [2.05, 4.69) is 64.2 Å². The molecule has 2 aromatic rings. The predicted octanol–water partition coefficient (Wildman–Crippen LogP) is 3.38. The van der Waals surface area contributed by atoms with Crippen molar-refractivity contribution in [3.8, 4) is 0 Å². The zero-order chi connectivity index (χ0) is 20.1. The number of likely N-dealkylation sites (tertiary alicyclic amines) is 1. The third-order valence-corrected chi connectivity index (χ3v) is 6.83. The Morgan fingerprint density at radius 3 is 2.03 bits per heavy atom. The van der Waals surface area contributed by atoms with E-state index in [9.17, 15) is 4.79 Å². The number of hydrogen-bond donors (Lipinski definition) is 0. The predicted molar refractivity (Wildman–Crippen MR) is 118 cm³/mol. The monoisotopic (exact) mass is 391 g/mol. The number of nitrogens with zero attached hydrogens (tertiary/aromatic N) is 3. The first-order chi connectivity index (χ1) is 14.2. The van der Waals surface area contributed by atoms with E-state index in [-0.39, 0.29) is 5.54 Å². The molecule has 0 radical (unpaired) electrons. The lowest BCUT2D eigenvalue weighted by Gasteiger charge is -2.51. The third-order valence-electron chi connectivity index (χ3n) is 6.83. The summed E-state index contributed by atoms with van der Waals surface area (Å²) < 4.78 is 0. The van der Waals surface area contributed by atoms with E-state index in [1.165, 1.54) is 11.1 Å². The van der Waals surface area contributed by atoms with Crippen molar-refractivity contribution in [2.24, 2.45) is 0 Å². The molecule has 2 fully saturated rings. The van der Waals surface area contributed by atoms with Crippen LogP contribution in [-0.4, -0.2) is 66.9 Å². The van der Waals surface area contributed by atoms with Crippen LogP contribution in [0, 0.1) is 0 Å². The van der Waals surface area contributed by atoms with E-state index < -0.39 is 0 Å². The number of carbonyl (C=O) groups excluding carboxylic acids is 1. The molecular formula is C25H33N3O. The molecule has 0 aromatic heterocycles. The van der Waals surface area contributed by atoms with Crippen LogP contribution in [-0.2, 0) is 16.8 Å². The lowest BCUT2D eigenvalue weighted by molar-refractivity contribution is -0.134. The SMILES string of the molecule is CN1CCC(c2ccccc2)(N2CCN(C(=O)CCc3ccccc3)CC2)CC1. The fraction of sp³-hybridized carbons (Fsp3) is 0.480. The van der Waals surface area contributed by atoms with Crippen molar-refractivity contribution in [3.63, 3.8) is 0 Å². The minimum Gasteiger partial charge on any atom is -0.340 e. The van der Waals surface area contributed by atoms with Crippen molar-refractivity contribution in [1.29, 1.82) is 0 Å². The summed E-state index contributed by atoms with van der Waals surface area (Å²) in [5, 5.41) is 0. The quantitative estimate of drug-likeness (QED) is 0.782. The molecule has 0 saturated carbocycles. The Labute approximate surface area is 175 Å². The molecule has 2 aliphatic heterocycles. The number of carbonyl (C=O) groups is 1. The van der Waals surface area contributed by atoms with Crippen molar-refractivity contribution in [2.45, 2.75) is 31.2 Å². The van der Waals surface area contributed by atoms with Crippen molar-refractivity contribution in [1.82, 2.24) is 14.7 Å². The van der Waals surface area contributed by atoms with Gasteiger partial charge in [0.2, 0.25) is 5.91 Å². The van der Waals surface area contributed by atoms with E-state index in [1.54, 1.807) is 0 Å². The first-order valence-electron chi connectivity index (χ1n) is 11.0. The second kappa shape index (κ2) is 9.10. The molecule has 2 aliphatic rings. The second-order valence-electron chi connectivity index (χ2n) is 8.55. The van der Waals surface area contributed by atoms with Gasteiger partial charge in [-0.05, 0) is 50.5 Å². The molecule has 2 aromatic carbocycles. The molecule has 0 unspecified atom stereocenters. The number of piperazine rings is 1. The van der Waals surface area contributed by atoms with Gasteiger partial charge in [0.15, 0.2) is 0 Å². The highest BCUT2D eigenvalue weighted by Gasteiger charge is 2.42. The van der Waals surface area contributed by atoms with Gasteiger partial charge in [0.1, 0.15) is 0 Å². The van der Waals surface area contributed by atoms with Crippen LogP contribution in [0.3, 0.4) is 0 Å². The molecular weight excluding hydrogens is 358 g/mol. The minimum absolute atomic E-state index is 0.118. The molecule has 29 heavy (non-hydrogen) atoms. The Hall–Kier alpha value is -2.17. The Morgan fingerprint density at radius 1 is 0.828 bits per heavy atom. The van der Waals surface area contributed by atoms with Crippen molar-refractivity contribution < 1.29 is 4.79 Å². The number of aryl methyl sites for hydroxylation is 1. The first kappa shape index (κ1) is 20.1. The van der Waals surface area contributed by atoms with Crippen LogP contribution >= 0.6 is 0 Å². The summed E-state index contributed by atoms with van der Waals surface area (Å²) in [6.45, 7) is 5.89. The Bertz CT molecular complexity index is 776. The van der Waals surface area contributed by atoms with Crippen LogP contribution in [0.2, 0.25) is 0 Å². The molecule has 0 N–H and O–H groups in total. The summed E-state index contributed by atoms with van der Waals surface area (Å²) >= 11 is 0. The summed E-state index contributed by atoms with van der Waals surface area (Å²) in [7, 11) is 2.22. The molecule has 0 spiro atoms. The third kappa shape index (κ3) is 4.54. The van der Waals surface area contributed by atoms with Gasteiger partial charge in [0.05, 0.1) is 0 Å². The van der Waals surface area contributed by atoms with Gasteiger partial charge in [-0.2, -0.15) is 0 Å². The molecule has 154 valence electrons. The fourth-order valence-corrected chi connectivity index (χ4v) is 4.96. The molecule has 2 saturated heterocycles. The fourth-order valence-electron chi connectivity index (χ4n) is 4.96. The lowest BCUT2D eigenvalue weighted by atomic mass is 9.79. The largest absolute Gasteiger partial charge is 0.340 e. The lowest BCUT2D eigenvalue weighted by Crippen LogP contribution is -2.59. The van der Waals surface area contributed by atoms with Crippen molar-refractivity contribution >= 4 is 5.91 Å². The van der Waals surface area contributed by atoms with Gasteiger partial charge in [-0.1, -0.05) is 60.7 Å². The highest BCUT2D eigenvalue weighted by Crippen LogP contribution is 2.39. The van der Waals surface area contributed by atoms with Gasteiger partial charge in [0.25, 0.3) is 0 Å². The highest BCUT2D eigenvalue weighted by atomic mass is 16.2.